The minimum atomic E-state index is -3.71. The fourth-order valence-electron chi connectivity index (χ4n) is 3.60. The number of hydrogen-bond acceptors (Lipinski definition) is 4. The lowest BCUT2D eigenvalue weighted by Gasteiger charge is -2.17. The van der Waals surface area contributed by atoms with Gasteiger partial charge in [0.2, 0.25) is 15.9 Å². The van der Waals surface area contributed by atoms with Gasteiger partial charge in [-0.3, -0.25) is 9.59 Å². The zero-order chi connectivity index (χ0) is 21.3. The minimum absolute atomic E-state index is 0.0160. The van der Waals surface area contributed by atoms with Crippen LogP contribution in [0.15, 0.2) is 64.4 Å². The zero-order valence-corrected chi connectivity index (χ0v) is 17.6. The summed E-state index contributed by atoms with van der Waals surface area (Å²) in [7, 11) is -3.71. The van der Waals surface area contributed by atoms with Gasteiger partial charge in [-0.15, -0.1) is 0 Å². The monoisotopic (exact) mass is 445 g/mol. The first-order chi connectivity index (χ1) is 14.4. The normalized spacial score (nSPS) is 14.8. The Hall–Kier alpha value is -2.68. The van der Waals surface area contributed by atoms with Crippen molar-refractivity contribution < 1.29 is 13.2 Å². The molecule has 1 aliphatic rings. The van der Waals surface area contributed by atoms with Crippen LogP contribution in [-0.2, 0) is 21.4 Å². The third kappa shape index (κ3) is 3.98. The van der Waals surface area contributed by atoms with Crippen LogP contribution in [0.2, 0.25) is 5.02 Å². The molecule has 156 valence electrons. The van der Waals surface area contributed by atoms with Crippen LogP contribution in [0.25, 0.3) is 10.9 Å². The number of carbonyl (C=O) groups is 1. The molecule has 1 saturated heterocycles. The van der Waals surface area contributed by atoms with E-state index in [1.807, 2.05) is 0 Å². The number of rotatable bonds is 5. The van der Waals surface area contributed by atoms with Gasteiger partial charge < -0.3 is 9.88 Å². The van der Waals surface area contributed by atoms with Gasteiger partial charge in [-0.25, -0.2) is 8.42 Å². The third-order valence-electron chi connectivity index (χ3n) is 5.10. The van der Waals surface area contributed by atoms with Gasteiger partial charge in [-0.1, -0.05) is 23.7 Å². The van der Waals surface area contributed by atoms with Gasteiger partial charge in [-0.05, 0) is 43.2 Å². The maximum atomic E-state index is 12.9. The van der Waals surface area contributed by atoms with Crippen LogP contribution in [0.3, 0.4) is 0 Å². The van der Waals surface area contributed by atoms with E-state index in [2.05, 4.69) is 5.32 Å². The Kier molecular flexibility index (Phi) is 5.64. The number of nitrogens with one attached hydrogen (secondary N) is 1. The Labute approximate surface area is 178 Å². The van der Waals surface area contributed by atoms with E-state index < -0.39 is 10.0 Å². The highest BCUT2D eigenvalue weighted by Crippen LogP contribution is 2.29. The highest BCUT2D eigenvalue weighted by molar-refractivity contribution is 7.89. The van der Waals surface area contributed by atoms with Gasteiger partial charge in [-0.2, -0.15) is 4.31 Å². The number of aromatic nitrogens is 1. The van der Waals surface area contributed by atoms with E-state index in [1.165, 1.54) is 22.5 Å². The Morgan fingerprint density at radius 3 is 2.57 bits per heavy atom. The first-order valence-corrected chi connectivity index (χ1v) is 11.4. The molecule has 3 aromatic rings. The Morgan fingerprint density at radius 2 is 1.80 bits per heavy atom. The molecular formula is C21H20ClN3O4S. The van der Waals surface area contributed by atoms with E-state index in [4.69, 9.17) is 11.6 Å². The van der Waals surface area contributed by atoms with Crippen LogP contribution < -0.4 is 10.7 Å². The molecule has 2 aromatic carbocycles. The van der Waals surface area contributed by atoms with Crippen LogP contribution in [0.4, 0.5) is 5.69 Å². The molecule has 7 nitrogen and oxygen atoms in total. The van der Waals surface area contributed by atoms with Gasteiger partial charge in [0.15, 0.2) is 5.43 Å². The second kappa shape index (κ2) is 8.22. The molecule has 0 aliphatic carbocycles. The van der Waals surface area contributed by atoms with Crippen LogP contribution in [0.1, 0.15) is 12.8 Å². The topological polar surface area (TPSA) is 88.5 Å². The summed E-state index contributed by atoms with van der Waals surface area (Å²) < 4.78 is 28.8. The van der Waals surface area contributed by atoms with Gasteiger partial charge in [0, 0.05) is 36.4 Å². The van der Waals surface area contributed by atoms with Gasteiger partial charge in [0.25, 0.3) is 0 Å². The first-order valence-electron chi connectivity index (χ1n) is 9.54. The summed E-state index contributed by atoms with van der Waals surface area (Å²) in [4.78, 5) is 24.6. The molecule has 0 atom stereocenters. The van der Waals surface area contributed by atoms with Crippen molar-refractivity contribution in [3.8, 4) is 0 Å². The minimum Gasteiger partial charge on any atom is -0.338 e. The molecule has 1 aliphatic heterocycles. The maximum absolute atomic E-state index is 12.9. The number of amides is 1. The molecule has 0 unspecified atom stereocenters. The molecule has 0 saturated carbocycles. The molecule has 1 amide bonds. The van der Waals surface area contributed by atoms with E-state index in [0.29, 0.717) is 29.7 Å². The third-order valence-corrected chi connectivity index (χ3v) is 7.48. The molecule has 1 N–H and O–H groups in total. The molecule has 1 aromatic heterocycles. The van der Waals surface area contributed by atoms with Crippen molar-refractivity contribution in [1.82, 2.24) is 8.87 Å². The standard InChI is InChI=1S/C21H20ClN3O4S/c22-17-8-7-15(13-20(17)30(28,29)25-10-3-4-11-25)23-21(27)14-24-12-9-19(26)16-5-1-2-6-18(16)24/h1-2,5-9,12-13H,3-4,10-11,14H2,(H,23,27). The lowest BCUT2D eigenvalue weighted by molar-refractivity contribution is -0.116. The van der Waals surface area contributed by atoms with Crippen molar-refractivity contribution >= 4 is 44.1 Å². The second-order valence-electron chi connectivity index (χ2n) is 7.13. The lowest BCUT2D eigenvalue weighted by atomic mass is 10.2. The Bertz CT molecular complexity index is 1280. The summed E-state index contributed by atoms with van der Waals surface area (Å²) >= 11 is 6.15. The quantitative estimate of drug-likeness (QED) is 0.653. The molecule has 1 fully saturated rings. The number of anilines is 1. The van der Waals surface area contributed by atoms with Gasteiger partial charge >= 0.3 is 0 Å². The Balaban J connectivity index is 1.57. The van der Waals surface area contributed by atoms with E-state index >= 15 is 0 Å². The zero-order valence-electron chi connectivity index (χ0n) is 16.0. The van der Waals surface area contributed by atoms with Crippen LogP contribution in [0, 0.1) is 0 Å². The average molecular weight is 446 g/mol. The molecule has 30 heavy (non-hydrogen) atoms. The first kappa shape index (κ1) is 20.6. The summed E-state index contributed by atoms with van der Waals surface area (Å²) in [5.74, 6) is -0.351. The van der Waals surface area contributed by atoms with E-state index in [0.717, 1.165) is 12.8 Å². The fourth-order valence-corrected chi connectivity index (χ4v) is 5.62. The van der Waals surface area contributed by atoms with E-state index in [9.17, 15) is 18.0 Å². The molecular weight excluding hydrogens is 426 g/mol. The number of carbonyl (C=O) groups excluding carboxylic acids is 1. The largest absolute Gasteiger partial charge is 0.338 e. The van der Waals surface area contributed by atoms with Crippen molar-refractivity contribution in [2.24, 2.45) is 0 Å². The summed E-state index contributed by atoms with van der Waals surface area (Å²) in [5.41, 5.74) is 0.873. The van der Waals surface area contributed by atoms with Crippen molar-refractivity contribution in [3.05, 3.63) is 70.0 Å². The predicted molar refractivity (Wildman–Crippen MR) is 116 cm³/mol. The Morgan fingerprint density at radius 1 is 1.07 bits per heavy atom. The summed E-state index contributed by atoms with van der Waals surface area (Å²) in [6.45, 7) is 0.904. The number of fused-ring (bicyclic) bond motifs is 1. The number of para-hydroxylation sites is 1. The van der Waals surface area contributed by atoms with E-state index in [1.54, 1.807) is 41.1 Å². The number of pyridine rings is 1. The number of hydrogen-bond donors (Lipinski definition) is 1. The number of benzene rings is 2. The molecule has 9 heteroatoms. The highest BCUT2D eigenvalue weighted by atomic mass is 35.5. The molecule has 0 radical (unpaired) electrons. The number of halogens is 1. The molecule has 0 bridgehead atoms. The van der Waals surface area contributed by atoms with Crippen LogP contribution in [-0.4, -0.2) is 36.3 Å². The summed E-state index contributed by atoms with van der Waals surface area (Å²) in [5, 5.41) is 3.36. The molecule has 2 heterocycles. The second-order valence-corrected chi connectivity index (χ2v) is 9.44. The van der Waals surface area contributed by atoms with Gasteiger partial charge in [0.05, 0.1) is 10.5 Å². The average Bonchev–Trinajstić information content (AvgIpc) is 3.27. The summed E-state index contributed by atoms with van der Waals surface area (Å²) in [6, 6.07) is 12.9. The number of nitrogens with zero attached hydrogens (tertiary/aromatic N) is 2. The highest BCUT2D eigenvalue weighted by Gasteiger charge is 2.29. The van der Waals surface area contributed by atoms with Crippen molar-refractivity contribution in [2.45, 2.75) is 24.3 Å². The molecule has 0 spiro atoms. The number of sulfonamides is 1. The maximum Gasteiger partial charge on any atom is 0.244 e. The van der Waals surface area contributed by atoms with Crippen molar-refractivity contribution in [1.29, 1.82) is 0 Å². The van der Waals surface area contributed by atoms with Crippen LogP contribution >= 0.6 is 11.6 Å². The van der Waals surface area contributed by atoms with Crippen molar-refractivity contribution in [2.75, 3.05) is 18.4 Å². The van der Waals surface area contributed by atoms with Crippen molar-refractivity contribution in [3.63, 3.8) is 0 Å². The fraction of sp³-hybridized carbons (Fsp3) is 0.238. The smallest absolute Gasteiger partial charge is 0.244 e. The van der Waals surface area contributed by atoms with Gasteiger partial charge in [0.1, 0.15) is 11.4 Å². The van der Waals surface area contributed by atoms with E-state index in [-0.39, 0.29) is 27.8 Å². The lowest BCUT2D eigenvalue weighted by Crippen LogP contribution is -2.28. The predicted octanol–water partition coefficient (Wildman–Crippen LogP) is 3.08. The molecule has 4 rings (SSSR count). The summed E-state index contributed by atoms with van der Waals surface area (Å²) in [6.07, 6.45) is 3.20. The SMILES string of the molecule is O=C(Cn1ccc(=O)c2ccccc21)Nc1ccc(Cl)c(S(=O)(=O)N2CCCC2)c1. The van der Waals surface area contributed by atoms with Crippen LogP contribution in [0.5, 0.6) is 0 Å².